The first-order valence-corrected chi connectivity index (χ1v) is 3.67. The van der Waals surface area contributed by atoms with E-state index in [1.165, 1.54) is 6.42 Å². The van der Waals surface area contributed by atoms with Gasteiger partial charge in [-0.2, -0.15) is 0 Å². The molecule has 0 aromatic rings. The molecule has 1 heterocycles. The lowest BCUT2D eigenvalue weighted by Crippen LogP contribution is -2.31. The highest BCUT2D eigenvalue weighted by molar-refractivity contribution is 5.75. The van der Waals surface area contributed by atoms with Gasteiger partial charge < -0.3 is 4.90 Å². The van der Waals surface area contributed by atoms with Crippen LogP contribution >= 0.6 is 0 Å². The highest BCUT2D eigenvalue weighted by Gasteiger charge is 2.15. The van der Waals surface area contributed by atoms with Crippen LogP contribution in [0.2, 0.25) is 0 Å². The molecule has 1 aliphatic rings. The van der Waals surface area contributed by atoms with Gasteiger partial charge in [0.15, 0.2) is 0 Å². The van der Waals surface area contributed by atoms with Gasteiger partial charge in [-0.25, -0.2) is 0 Å². The van der Waals surface area contributed by atoms with E-state index in [0.29, 0.717) is 0 Å². The van der Waals surface area contributed by atoms with Crippen LogP contribution in [0.5, 0.6) is 0 Å². The number of likely N-dealkylation sites (tertiary alicyclic amines) is 1. The average molecular weight is 139 g/mol. The summed E-state index contributed by atoms with van der Waals surface area (Å²) in [6, 6.07) is 0. The lowest BCUT2D eigenvalue weighted by atomic mass is 10.1. The minimum atomic E-state index is 0.129. The number of hydrogen-bond donors (Lipinski definition) is 0. The first kappa shape index (κ1) is 7.32. The monoisotopic (exact) mass is 139 g/mol. The number of piperidine rings is 1. The summed E-state index contributed by atoms with van der Waals surface area (Å²) in [5, 5.41) is 0. The minimum absolute atomic E-state index is 0.129. The summed E-state index contributed by atoms with van der Waals surface area (Å²) < 4.78 is 0. The topological polar surface area (TPSA) is 20.3 Å². The highest BCUT2D eigenvalue weighted by Crippen LogP contribution is 2.17. The maximum absolute atomic E-state index is 10.9. The Hall–Kier alpha value is -0.790. The lowest BCUT2D eigenvalue weighted by molar-refractivity contribution is -0.127. The third-order valence-corrected chi connectivity index (χ3v) is 1.86. The van der Waals surface area contributed by atoms with Crippen molar-refractivity contribution in [2.45, 2.75) is 26.2 Å². The fourth-order valence-corrected chi connectivity index (χ4v) is 1.27. The van der Waals surface area contributed by atoms with Crippen LogP contribution in [-0.4, -0.2) is 17.4 Å². The summed E-state index contributed by atoms with van der Waals surface area (Å²) in [5.41, 5.74) is 0.985. The zero-order chi connectivity index (χ0) is 7.56. The Morgan fingerprint density at radius 3 is 2.70 bits per heavy atom. The van der Waals surface area contributed by atoms with Crippen molar-refractivity contribution < 1.29 is 4.79 Å². The van der Waals surface area contributed by atoms with Crippen LogP contribution in [0.15, 0.2) is 12.3 Å². The van der Waals surface area contributed by atoms with Gasteiger partial charge in [0.05, 0.1) is 0 Å². The van der Waals surface area contributed by atoms with Crippen molar-refractivity contribution in [3.63, 3.8) is 0 Å². The SMILES string of the molecule is C=C1CCCCN1C(C)=O. The fraction of sp³-hybridized carbons (Fsp3) is 0.625. The Bertz CT molecular complexity index is 163. The minimum Gasteiger partial charge on any atom is -0.317 e. The van der Waals surface area contributed by atoms with E-state index in [1.807, 2.05) is 0 Å². The van der Waals surface area contributed by atoms with Gasteiger partial charge in [-0.15, -0.1) is 0 Å². The molecule has 0 aromatic carbocycles. The number of carbonyl (C=O) groups is 1. The molecule has 1 amide bonds. The van der Waals surface area contributed by atoms with Gasteiger partial charge in [0, 0.05) is 19.2 Å². The van der Waals surface area contributed by atoms with Gasteiger partial charge in [-0.1, -0.05) is 6.58 Å². The van der Waals surface area contributed by atoms with Crippen LogP contribution < -0.4 is 0 Å². The normalized spacial score (nSPS) is 19.3. The zero-order valence-electron chi connectivity index (χ0n) is 6.39. The Balaban J connectivity index is 2.56. The summed E-state index contributed by atoms with van der Waals surface area (Å²) in [6.07, 6.45) is 3.29. The first-order chi connectivity index (χ1) is 4.72. The Morgan fingerprint density at radius 2 is 2.30 bits per heavy atom. The molecule has 2 nitrogen and oxygen atoms in total. The van der Waals surface area contributed by atoms with Crippen LogP contribution in [0, 0.1) is 0 Å². The van der Waals surface area contributed by atoms with Crippen molar-refractivity contribution in [1.82, 2.24) is 4.90 Å². The van der Waals surface area contributed by atoms with E-state index in [0.717, 1.165) is 25.1 Å². The summed E-state index contributed by atoms with van der Waals surface area (Å²) in [6.45, 7) is 6.28. The molecule has 0 aromatic heterocycles. The largest absolute Gasteiger partial charge is 0.317 e. The van der Waals surface area contributed by atoms with Crippen molar-refractivity contribution >= 4 is 5.91 Å². The molecule has 0 unspecified atom stereocenters. The van der Waals surface area contributed by atoms with Crippen LogP contribution in [0.1, 0.15) is 26.2 Å². The predicted octanol–water partition coefficient (Wildman–Crippen LogP) is 1.53. The van der Waals surface area contributed by atoms with Crippen LogP contribution in [0.3, 0.4) is 0 Å². The molecule has 0 saturated carbocycles. The predicted molar refractivity (Wildman–Crippen MR) is 40.4 cm³/mol. The first-order valence-electron chi connectivity index (χ1n) is 3.67. The van der Waals surface area contributed by atoms with Gasteiger partial charge in [-0.05, 0) is 19.3 Å². The smallest absolute Gasteiger partial charge is 0.223 e. The molecule has 0 N–H and O–H groups in total. The second-order valence-corrected chi connectivity index (χ2v) is 2.69. The van der Waals surface area contributed by atoms with Gasteiger partial charge in [0.1, 0.15) is 0 Å². The molecule has 1 fully saturated rings. The molecular weight excluding hydrogens is 126 g/mol. The molecule has 1 rings (SSSR count). The summed E-state index contributed by atoms with van der Waals surface area (Å²) in [7, 11) is 0. The molecule has 2 heteroatoms. The van der Waals surface area contributed by atoms with E-state index < -0.39 is 0 Å². The van der Waals surface area contributed by atoms with Gasteiger partial charge in [-0.3, -0.25) is 4.79 Å². The summed E-state index contributed by atoms with van der Waals surface area (Å²) in [5.74, 6) is 0.129. The molecule has 0 bridgehead atoms. The van der Waals surface area contributed by atoms with E-state index in [9.17, 15) is 4.79 Å². The third kappa shape index (κ3) is 1.38. The molecule has 0 atom stereocenters. The summed E-state index contributed by atoms with van der Waals surface area (Å²) >= 11 is 0. The number of allylic oxidation sites excluding steroid dienone is 1. The van der Waals surface area contributed by atoms with E-state index in [1.54, 1.807) is 11.8 Å². The van der Waals surface area contributed by atoms with Crippen molar-refractivity contribution in [1.29, 1.82) is 0 Å². The van der Waals surface area contributed by atoms with Crippen LogP contribution in [0.4, 0.5) is 0 Å². The van der Waals surface area contributed by atoms with E-state index in [2.05, 4.69) is 6.58 Å². The standard InChI is InChI=1S/C8H13NO/c1-7-5-3-4-6-9(7)8(2)10/h1,3-6H2,2H3. The quantitative estimate of drug-likeness (QED) is 0.498. The summed E-state index contributed by atoms with van der Waals surface area (Å²) in [4.78, 5) is 12.6. The number of rotatable bonds is 0. The second-order valence-electron chi connectivity index (χ2n) is 2.69. The maximum atomic E-state index is 10.9. The molecule has 1 aliphatic heterocycles. The fourth-order valence-electron chi connectivity index (χ4n) is 1.27. The molecule has 10 heavy (non-hydrogen) atoms. The van der Waals surface area contributed by atoms with Gasteiger partial charge in [0.25, 0.3) is 0 Å². The van der Waals surface area contributed by atoms with Gasteiger partial charge >= 0.3 is 0 Å². The van der Waals surface area contributed by atoms with Crippen molar-refractivity contribution in [2.75, 3.05) is 6.54 Å². The zero-order valence-corrected chi connectivity index (χ0v) is 6.39. The number of amides is 1. The number of nitrogens with zero attached hydrogens (tertiary/aromatic N) is 1. The third-order valence-electron chi connectivity index (χ3n) is 1.86. The van der Waals surface area contributed by atoms with E-state index in [-0.39, 0.29) is 5.91 Å². The van der Waals surface area contributed by atoms with Crippen molar-refractivity contribution in [2.24, 2.45) is 0 Å². The van der Waals surface area contributed by atoms with Crippen molar-refractivity contribution in [3.05, 3.63) is 12.3 Å². The molecular formula is C8H13NO. The van der Waals surface area contributed by atoms with Crippen molar-refractivity contribution in [3.8, 4) is 0 Å². The Morgan fingerprint density at radius 1 is 1.60 bits per heavy atom. The molecule has 1 saturated heterocycles. The molecule has 0 spiro atoms. The lowest BCUT2D eigenvalue weighted by Gasteiger charge is -2.27. The number of carbonyl (C=O) groups excluding carboxylic acids is 1. The van der Waals surface area contributed by atoms with Crippen LogP contribution in [-0.2, 0) is 4.79 Å². The maximum Gasteiger partial charge on any atom is 0.223 e. The second kappa shape index (κ2) is 2.86. The number of hydrogen-bond acceptors (Lipinski definition) is 1. The van der Waals surface area contributed by atoms with E-state index >= 15 is 0 Å². The van der Waals surface area contributed by atoms with Gasteiger partial charge in [0.2, 0.25) is 5.91 Å². The Labute approximate surface area is 61.5 Å². The molecule has 0 radical (unpaired) electrons. The average Bonchev–Trinajstić information content (AvgIpc) is 1.88. The Kier molecular flexibility index (Phi) is 2.10. The molecule has 0 aliphatic carbocycles. The highest BCUT2D eigenvalue weighted by atomic mass is 16.2. The van der Waals surface area contributed by atoms with E-state index in [4.69, 9.17) is 0 Å². The molecule has 56 valence electrons. The van der Waals surface area contributed by atoms with Crippen LogP contribution in [0.25, 0.3) is 0 Å².